The van der Waals surface area contributed by atoms with E-state index in [-0.39, 0.29) is 17.5 Å². The molecular formula is C19H19BrO3. The second-order valence-electron chi connectivity index (χ2n) is 7.66. The van der Waals surface area contributed by atoms with Gasteiger partial charge in [-0.3, -0.25) is 4.79 Å². The van der Waals surface area contributed by atoms with Gasteiger partial charge >= 0.3 is 5.97 Å². The fraction of sp³-hybridized carbons (Fsp3) is 0.579. The molecule has 4 aliphatic rings. The fourth-order valence-corrected chi connectivity index (χ4v) is 6.70. The van der Waals surface area contributed by atoms with Gasteiger partial charge in [-0.25, -0.2) is 4.79 Å². The van der Waals surface area contributed by atoms with Crippen molar-refractivity contribution in [2.75, 3.05) is 0 Å². The van der Waals surface area contributed by atoms with Crippen LogP contribution in [0.15, 0.2) is 28.7 Å². The number of halogens is 1. The average Bonchev–Trinajstić information content (AvgIpc) is 3.08. The zero-order valence-electron chi connectivity index (χ0n) is 12.8. The van der Waals surface area contributed by atoms with Crippen molar-refractivity contribution in [3.8, 4) is 0 Å². The summed E-state index contributed by atoms with van der Waals surface area (Å²) in [6, 6.07) is 7.25. The van der Waals surface area contributed by atoms with Gasteiger partial charge in [0.15, 0.2) is 0 Å². The molecule has 0 aromatic heterocycles. The van der Waals surface area contributed by atoms with Crippen LogP contribution in [0.2, 0.25) is 0 Å². The molecule has 1 spiro atoms. The molecule has 1 aromatic carbocycles. The summed E-state index contributed by atoms with van der Waals surface area (Å²) in [5.41, 5.74) is 0.260. The molecule has 0 amide bonds. The monoisotopic (exact) mass is 374 g/mol. The molecular weight excluding hydrogens is 356 g/mol. The van der Waals surface area contributed by atoms with Crippen molar-refractivity contribution in [3.63, 3.8) is 0 Å². The van der Waals surface area contributed by atoms with Gasteiger partial charge in [0, 0.05) is 10.9 Å². The lowest BCUT2D eigenvalue weighted by atomic mass is 9.49. The minimum atomic E-state index is -0.309. The quantitative estimate of drug-likeness (QED) is 0.734. The number of ether oxygens (including phenoxy) is 1. The van der Waals surface area contributed by atoms with E-state index in [0.717, 1.165) is 23.2 Å². The first kappa shape index (κ1) is 14.2. The fourth-order valence-electron chi connectivity index (χ4n) is 6.44. The molecule has 4 aliphatic carbocycles. The van der Waals surface area contributed by atoms with Crippen molar-refractivity contribution in [2.24, 2.45) is 29.1 Å². The number of hydrogen-bond acceptors (Lipinski definition) is 3. The van der Waals surface area contributed by atoms with E-state index in [0.29, 0.717) is 35.5 Å². The van der Waals surface area contributed by atoms with Gasteiger partial charge in [-0.15, -0.1) is 0 Å². The van der Waals surface area contributed by atoms with Crippen molar-refractivity contribution >= 4 is 27.7 Å². The summed E-state index contributed by atoms with van der Waals surface area (Å²) in [6.07, 6.45) is 4.90. The van der Waals surface area contributed by atoms with Gasteiger partial charge in [0.2, 0.25) is 0 Å². The van der Waals surface area contributed by atoms with Gasteiger partial charge in [0.05, 0.1) is 11.0 Å². The SMILES string of the molecule is O=C(O[C@H]1C[C@H]2CC[C@@H]3[C@H]2[C@]12C(=O)CC[C@@H]32)c1ccc(Br)cc1. The minimum Gasteiger partial charge on any atom is -0.458 e. The van der Waals surface area contributed by atoms with Crippen molar-refractivity contribution in [2.45, 2.75) is 38.2 Å². The summed E-state index contributed by atoms with van der Waals surface area (Å²) >= 11 is 3.38. The van der Waals surface area contributed by atoms with Gasteiger partial charge in [0.1, 0.15) is 11.9 Å². The lowest BCUT2D eigenvalue weighted by Gasteiger charge is -2.54. The number of esters is 1. The van der Waals surface area contributed by atoms with Crippen LogP contribution in [0.5, 0.6) is 0 Å². The van der Waals surface area contributed by atoms with Gasteiger partial charge < -0.3 is 4.74 Å². The number of hydrogen-bond donors (Lipinski definition) is 0. The lowest BCUT2D eigenvalue weighted by molar-refractivity contribution is -0.162. The Morgan fingerprint density at radius 3 is 2.74 bits per heavy atom. The highest BCUT2D eigenvalue weighted by molar-refractivity contribution is 9.10. The van der Waals surface area contributed by atoms with Crippen LogP contribution >= 0.6 is 15.9 Å². The molecule has 4 heteroatoms. The third-order valence-electron chi connectivity index (χ3n) is 7.07. The molecule has 0 aliphatic heterocycles. The van der Waals surface area contributed by atoms with E-state index >= 15 is 0 Å². The second kappa shape index (κ2) is 4.69. The summed E-state index contributed by atoms with van der Waals surface area (Å²) in [4.78, 5) is 25.3. The van der Waals surface area contributed by atoms with Gasteiger partial charge in [-0.2, -0.15) is 0 Å². The molecule has 0 bridgehead atoms. The average molecular weight is 375 g/mol. The number of Topliss-reactive ketones (excluding diaryl/α,β-unsaturated/α-hetero) is 1. The number of carbonyl (C=O) groups is 2. The molecule has 0 saturated heterocycles. The molecule has 0 radical (unpaired) electrons. The van der Waals surface area contributed by atoms with Crippen molar-refractivity contribution in [3.05, 3.63) is 34.3 Å². The van der Waals surface area contributed by atoms with Crippen molar-refractivity contribution in [1.82, 2.24) is 0 Å². The Morgan fingerprint density at radius 1 is 1.17 bits per heavy atom. The van der Waals surface area contributed by atoms with E-state index in [1.807, 2.05) is 12.1 Å². The Hall–Kier alpha value is -1.16. The van der Waals surface area contributed by atoms with Gasteiger partial charge in [0.25, 0.3) is 0 Å². The summed E-state index contributed by atoms with van der Waals surface area (Å²) in [7, 11) is 0. The molecule has 3 nitrogen and oxygen atoms in total. The first-order valence-corrected chi connectivity index (χ1v) is 9.41. The molecule has 120 valence electrons. The van der Waals surface area contributed by atoms with E-state index in [4.69, 9.17) is 4.74 Å². The van der Waals surface area contributed by atoms with Crippen LogP contribution in [0.3, 0.4) is 0 Å². The minimum absolute atomic E-state index is 0.190. The number of benzene rings is 1. The Bertz CT molecular complexity index is 697. The molecule has 0 unspecified atom stereocenters. The molecule has 4 saturated carbocycles. The van der Waals surface area contributed by atoms with Crippen molar-refractivity contribution < 1.29 is 14.3 Å². The number of carbonyl (C=O) groups excluding carboxylic acids is 2. The Labute approximate surface area is 143 Å². The number of fused-ring (bicyclic) bond motifs is 1. The van der Waals surface area contributed by atoms with Gasteiger partial charge in [-0.1, -0.05) is 15.9 Å². The zero-order chi connectivity index (χ0) is 15.8. The number of rotatable bonds is 2. The van der Waals surface area contributed by atoms with Crippen LogP contribution in [0.25, 0.3) is 0 Å². The Balaban J connectivity index is 1.44. The maximum Gasteiger partial charge on any atom is 0.338 e. The molecule has 6 atom stereocenters. The first-order valence-electron chi connectivity index (χ1n) is 8.62. The maximum absolute atomic E-state index is 12.7. The predicted octanol–water partition coefficient (Wildman–Crippen LogP) is 4.00. The summed E-state index contributed by atoms with van der Waals surface area (Å²) < 4.78 is 6.86. The smallest absolute Gasteiger partial charge is 0.338 e. The maximum atomic E-state index is 12.7. The lowest BCUT2D eigenvalue weighted by Crippen LogP contribution is -2.59. The molecule has 23 heavy (non-hydrogen) atoms. The van der Waals surface area contributed by atoms with Crippen LogP contribution < -0.4 is 0 Å². The van der Waals surface area contributed by atoms with Gasteiger partial charge in [-0.05, 0) is 73.6 Å². The topological polar surface area (TPSA) is 43.4 Å². The molecule has 0 heterocycles. The molecule has 4 fully saturated rings. The molecule has 5 rings (SSSR count). The molecule has 0 N–H and O–H groups in total. The number of ketones is 1. The Kier molecular flexibility index (Phi) is 2.89. The third kappa shape index (κ3) is 1.66. The van der Waals surface area contributed by atoms with Crippen LogP contribution in [-0.2, 0) is 9.53 Å². The normalized spacial score (nSPS) is 43.0. The summed E-state index contributed by atoms with van der Waals surface area (Å²) in [6.45, 7) is 0. The van der Waals surface area contributed by atoms with Crippen LogP contribution in [-0.4, -0.2) is 17.9 Å². The third-order valence-corrected chi connectivity index (χ3v) is 7.59. The largest absolute Gasteiger partial charge is 0.458 e. The highest BCUT2D eigenvalue weighted by atomic mass is 79.9. The first-order chi connectivity index (χ1) is 11.1. The standard InChI is InChI=1S/C19H19BrO3/c20-12-4-1-10(2-5-12)18(22)23-16-9-11-3-6-13-14-7-8-15(21)19(14,16)17(11)13/h1-2,4-5,11,13-14,16-17H,3,6-9H2/t11-,13+,14+,16+,17+,19-/m1/s1. The molecule has 1 aromatic rings. The van der Waals surface area contributed by atoms with Crippen LogP contribution in [0.1, 0.15) is 42.5 Å². The van der Waals surface area contributed by atoms with E-state index in [9.17, 15) is 9.59 Å². The van der Waals surface area contributed by atoms with E-state index in [2.05, 4.69) is 15.9 Å². The summed E-state index contributed by atoms with van der Waals surface area (Å²) in [5.74, 6) is 2.41. The van der Waals surface area contributed by atoms with E-state index in [1.54, 1.807) is 12.1 Å². The zero-order valence-corrected chi connectivity index (χ0v) is 14.4. The highest BCUT2D eigenvalue weighted by Crippen LogP contribution is 2.76. The van der Waals surface area contributed by atoms with Crippen LogP contribution in [0, 0.1) is 29.1 Å². The Morgan fingerprint density at radius 2 is 1.96 bits per heavy atom. The predicted molar refractivity (Wildman–Crippen MR) is 87.8 cm³/mol. The van der Waals surface area contributed by atoms with Crippen LogP contribution in [0.4, 0.5) is 0 Å². The second-order valence-corrected chi connectivity index (χ2v) is 8.58. The highest BCUT2D eigenvalue weighted by Gasteiger charge is 2.78. The van der Waals surface area contributed by atoms with E-state index in [1.165, 1.54) is 12.8 Å². The van der Waals surface area contributed by atoms with Crippen molar-refractivity contribution in [1.29, 1.82) is 0 Å². The van der Waals surface area contributed by atoms with E-state index < -0.39 is 0 Å². The summed E-state index contributed by atoms with van der Waals surface area (Å²) in [5, 5.41) is 0.